The number of rotatable bonds is 4. The first-order chi connectivity index (χ1) is 8.92. The summed E-state index contributed by atoms with van der Waals surface area (Å²) in [7, 11) is 0. The molecule has 1 unspecified atom stereocenters. The van der Waals surface area contributed by atoms with Crippen LogP contribution in [0.1, 0.15) is 56.2 Å². The van der Waals surface area contributed by atoms with Crippen LogP contribution in [0.5, 0.6) is 0 Å². The van der Waals surface area contributed by atoms with Gasteiger partial charge in [0.15, 0.2) is 5.82 Å². The number of hydrogen-bond donors (Lipinski definition) is 1. The third-order valence-corrected chi connectivity index (χ3v) is 5.25. The molecule has 1 aromatic heterocycles. The molecule has 2 fully saturated rings. The molecule has 1 saturated carbocycles. The van der Waals surface area contributed by atoms with Gasteiger partial charge in [-0.05, 0) is 32.2 Å². The lowest BCUT2D eigenvalue weighted by atomic mass is 10.00. The molecular weight excluding hydrogens is 246 g/mol. The minimum atomic E-state index is 0.427. The highest BCUT2D eigenvalue weighted by molar-refractivity contribution is 7.99. The van der Waals surface area contributed by atoms with Gasteiger partial charge < -0.3 is 9.84 Å². The van der Waals surface area contributed by atoms with Crippen molar-refractivity contribution in [3.8, 4) is 0 Å². The molecule has 1 aliphatic heterocycles. The zero-order chi connectivity index (χ0) is 12.2. The largest absolute Gasteiger partial charge is 0.339 e. The van der Waals surface area contributed by atoms with E-state index in [0.29, 0.717) is 5.92 Å². The van der Waals surface area contributed by atoms with E-state index in [-0.39, 0.29) is 0 Å². The Morgan fingerprint density at radius 3 is 2.89 bits per heavy atom. The van der Waals surface area contributed by atoms with Crippen molar-refractivity contribution in [3.63, 3.8) is 0 Å². The normalized spacial score (nSPS) is 25.7. The predicted octanol–water partition coefficient (Wildman–Crippen LogP) is 2.71. The molecule has 0 aromatic carbocycles. The van der Waals surface area contributed by atoms with Gasteiger partial charge in [-0.3, -0.25) is 0 Å². The van der Waals surface area contributed by atoms with Gasteiger partial charge in [0, 0.05) is 11.8 Å². The molecule has 1 saturated heterocycles. The maximum atomic E-state index is 5.40. The van der Waals surface area contributed by atoms with Gasteiger partial charge in [0.05, 0.1) is 11.7 Å². The van der Waals surface area contributed by atoms with Crippen molar-refractivity contribution in [2.24, 2.45) is 0 Å². The molecule has 3 rings (SSSR count). The Bertz CT molecular complexity index is 370. The monoisotopic (exact) mass is 267 g/mol. The van der Waals surface area contributed by atoms with Crippen LogP contribution in [-0.2, 0) is 5.75 Å². The van der Waals surface area contributed by atoms with Crippen LogP contribution < -0.4 is 5.32 Å². The number of nitrogens with zero attached hydrogens (tertiary/aromatic N) is 2. The van der Waals surface area contributed by atoms with Crippen molar-refractivity contribution < 1.29 is 4.52 Å². The molecule has 0 bridgehead atoms. The number of aromatic nitrogens is 2. The third-order valence-electron chi connectivity index (χ3n) is 3.88. The van der Waals surface area contributed by atoms with Gasteiger partial charge in [-0.15, -0.1) is 0 Å². The summed E-state index contributed by atoms with van der Waals surface area (Å²) in [6.45, 7) is 2.10. The molecule has 4 nitrogen and oxygen atoms in total. The number of thioether (sulfide) groups is 1. The molecule has 0 spiro atoms. The molecule has 1 atom stereocenters. The van der Waals surface area contributed by atoms with Crippen LogP contribution in [0.15, 0.2) is 4.52 Å². The standard InChI is InChI=1S/C13H21N3OS/c1-2-6-11(5-1)18-9-12-15-13(17-16-12)10-4-3-7-14-8-10/h10-11,14H,1-9H2. The molecule has 1 aliphatic carbocycles. The van der Waals surface area contributed by atoms with Gasteiger partial charge >= 0.3 is 0 Å². The zero-order valence-corrected chi connectivity index (χ0v) is 11.5. The Morgan fingerprint density at radius 2 is 2.11 bits per heavy atom. The highest BCUT2D eigenvalue weighted by atomic mass is 32.2. The van der Waals surface area contributed by atoms with Crippen LogP contribution in [0.2, 0.25) is 0 Å². The summed E-state index contributed by atoms with van der Waals surface area (Å²) in [5.41, 5.74) is 0. The van der Waals surface area contributed by atoms with E-state index in [1.165, 1.54) is 38.5 Å². The second kappa shape index (κ2) is 6.06. The van der Waals surface area contributed by atoms with Crippen LogP contribution in [0.3, 0.4) is 0 Å². The van der Waals surface area contributed by atoms with E-state index in [2.05, 4.69) is 15.5 Å². The second-order valence-corrected chi connectivity index (χ2v) is 6.60. The van der Waals surface area contributed by atoms with Gasteiger partial charge in [-0.1, -0.05) is 18.0 Å². The molecule has 2 heterocycles. The Labute approximate surface area is 112 Å². The fourth-order valence-corrected chi connectivity index (χ4v) is 3.97. The highest BCUT2D eigenvalue weighted by Crippen LogP contribution is 2.31. The summed E-state index contributed by atoms with van der Waals surface area (Å²) < 4.78 is 5.40. The van der Waals surface area contributed by atoms with Crippen molar-refractivity contribution >= 4 is 11.8 Å². The lowest BCUT2D eigenvalue weighted by Gasteiger charge is -2.18. The van der Waals surface area contributed by atoms with Crippen molar-refractivity contribution in [1.29, 1.82) is 0 Å². The maximum Gasteiger partial charge on any atom is 0.231 e. The van der Waals surface area contributed by atoms with E-state index in [4.69, 9.17) is 4.52 Å². The number of nitrogens with one attached hydrogen (secondary N) is 1. The summed E-state index contributed by atoms with van der Waals surface area (Å²) in [4.78, 5) is 4.56. The highest BCUT2D eigenvalue weighted by Gasteiger charge is 2.22. The van der Waals surface area contributed by atoms with Crippen LogP contribution in [0, 0.1) is 0 Å². The van der Waals surface area contributed by atoms with Crippen LogP contribution in [0.25, 0.3) is 0 Å². The minimum absolute atomic E-state index is 0.427. The molecule has 100 valence electrons. The molecule has 0 amide bonds. The molecule has 1 aromatic rings. The van der Waals surface area contributed by atoms with E-state index in [0.717, 1.165) is 35.8 Å². The molecule has 1 N–H and O–H groups in total. The molecule has 5 heteroatoms. The number of piperidine rings is 1. The Morgan fingerprint density at radius 1 is 1.22 bits per heavy atom. The summed E-state index contributed by atoms with van der Waals surface area (Å²) >= 11 is 2.00. The first-order valence-electron chi connectivity index (χ1n) is 7.06. The first kappa shape index (κ1) is 12.5. The smallest absolute Gasteiger partial charge is 0.231 e. The van der Waals surface area contributed by atoms with Gasteiger partial charge in [0.2, 0.25) is 5.89 Å². The summed E-state index contributed by atoms with van der Waals surface area (Å²) in [6, 6.07) is 0. The SMILES string of the molecule is C1CCC(SCc2noc(C3CCCNC3)n2)C1. The van der Waals surface area contributed by atoms with Crippen LogP contribution >= 0.6 is 11.8 Å². The van der Waals surface area contributed by atoms with Gasteiger partial charge in [0.1, 0.15) is 0 Å². The molecule has 0 radical (unpaired) electrons. The Hall–Kier alpha value is -0.550. The van der Waals surface area contributed by atoms with Crippen LogP contribution in [-0.4, -0.2) is 28.5 Å². The zero-order valence-electron chi connectivity index (χ0n) is 10.7. The third kappa shape index (κ3) is 3.06. The summed E-state index contributed by atoms with van der Waals surface area (Å²) in [6.07, 6.45) is 7.89. The Kier molecular flexibility index (Phi) is 4.20. The second-order valence-electron chi connectivity index (χ2n) is 5.31. The molecule has 18 heavy (non-hydrogen) atoms. The summed E-state index contributed by atoms with van der Waals surface area (Å²) in [5.74, 6) is 3.06. The fourth-order valence-electron chi connectivity index (χ4n) is 2.80. The fraction of sp³-hybridized carbons (Fsp3) is 0.846. The molecular formula is C13H21N3OS. The maximum absolute atomic E-state index is 5.40. The van der Waals surface area contributed by atoms with E-state index >= 15 is 0 Å². The van der Waals surface area contributed by atoms with E-state index in [1.54, 1.807) is 0 Å². The topological polar surface area (TPSA) is 51.0 Å². The number of hydrogen-bond acceptors (Lipinski definition) is 5. The summed E-state index contributed by atoms with van der Waals surface area (Å²) in [5, 5.41) is 8.33. The van der Waals surface area contributed by atoms with E-state index in [9.17, 15) is 0 Å². The minimum Gasteiger partial charge on any atom is -0.339 e. The first-order valence-corrected chi connectivity index (χ1v) is 8.11. The van der Waals surface area contributed by atoms with E-state index in [1.807, 2.05) is 11.8 Å². The average Bonchev–Trinajstić information content (AvgIpc) is 3.09. The quantitative estimate of drug-likeness (QED) is 0.909. The van der Waals surface area contributed by atoms with Crippen LogP contribution in [0.4, 0.5) is 0 Å². The predicted molar refractivity (Wildman–Crippen MR) is 72.7 cm³/mol. The molecule has 2 aliphatic rings. The van der Waals surface area contributed by atoms with E-state index < -0.39 is 0 Å². The lowest BCUT2D eigenvalue weighted by molar-refractivity contribution is 0.320. The van der Waals surface area contributed by atoms with Gasteiger partial charge in [-0.2, -0.15) is 16.7 Å². The average molecular weight is 267 g/mol. The van der Waals surface area contributed by atoms with Crippen molar-refractivity contribution in [3.05, 3.63) is 11.7 Å². The lowest BCUT2D eigenvalue weighted by Crippen LogP contribution is -2.28. The van der Waals surface area contributed by atoms with Gasteiger partial charge in [-0.25, -0.2) is 0 Å². The van der Waals surface area contributed by atoms with Crippen molar-refractivity contribution in [2.45, 2.75) is 55.4 Å². The van der Waals surface area contributed by atoms with Crippen molar-refractivity contribution in [2.75, 3.05) is 13.1 Å². The van der Waals surface area contributed by atoms with Gasteiger partial charge in [0.25, 0.3) is 0 Å². The Balaban J connectivity index is 1.52. The van der Waals surface area contributed by atoms with Crippen molar-refractivity contribution in [1.82, 2.24) is 15.5 Å².